The van der Waals surface area contributed by atoms with Crippen LogP contribution in [-0.2, 0) is 30.2 Å². The lowest BCUT2D eigenvalue weighted by Crippen LogP contribution is -2.45. The number of halogens is 2. The molecule has 4 N–H and O–H groups in total. The Labute approximate surface area is 255 Å². The molecule has 0 aliphatic carbocycles. The van der Waals surface area contributed by atoms with Gasteiger partial charge in [-0.25, -0.2) is 18.8 Å². The number of hydrogen-bond donors (Lipinski definition) is 4. The number of aliphatic hydroxyl groups is 1. The van der Waals surface area contributed by atoms with Crippen LogP contribution in [0.15, 0.2) is 42.5 Å². The van der Waals surface area contributed by atoms with Crippen LogP contribution in [0.5, 0.6) is 0 Å². The summed E-state index contributed by atoms with van der Waals surface area (Å²) in [6.45, 7) is 2.43. The summed E-state index contributed by atoms with van der Waals surface area (Å²) in [6, 6.07) is 8.76. The highest BCUT2D eigenvalue weighted by Crippen LogP contribution is 2.26. The highest BCUT2D eigenvalue weighted by molar-refractivity contribution is 6.30. The molecular formula is C27H30ClFN6O9. The van der Waals surface area contributed by atoms with Gasteiger partial charge in [-0.3, -0.25) is 4.79 Å². The van der Waals surface area contributed by atoms with Crippen LogP contribution in [0.1, 0.15) is 36.5 Å². The van der Waals surface area contributed by atoms with Gasteiger partial charge in [0.2, 0.25) is 6.79 Å². The fraction of sp³-hybridized carbons (Fsp3) is 0.370. The van der Waals surface area contributed by atoms with Crippen molar-refractivity contribution in [1.82, 2.24) is 31.0 Å². The lowest BCUT2D eigenvalue weighted by atomic mass is 9.97. The number of nitrogens with one attached hydrogen (secondary N) is 2. The van der Waals surface area contributed by atoms with Crippen molar-refractivity contribution < 1.29 is 48.1 Å². The summed E-state index contributed by atoms with van der Waals surface area (Å²) in [4.78, 5) is 49.0. The number of esters is 2. The third kappa shape index (κ3) is 9.60. The molecule has 3 atom stereocenters. The van der Waals surface area contributed by atoms with Crippen molar-refractivity contribution >= 4 is 35.5 Å². The van der Waals surface area contributed by atoms with Gasteiger partial charge in [0.15, 0.2) is 6.10 Å². The maximum atomic E-state index is 14.3. The van der Waals surface area contributed by atoms with Crippen LogP contribution in [0, 0.1) is 11.7 Å². The third-order valence-corrected chi connectivity index (χ3v) is 6.41. The fourth-order valence-electron chi connectivity index (χ4n) is 3.95. The van der Waals surface area contributed by atoms with E-state index in [9.17, 15) is 33.9 Å². The van der Waals surface area contributed by atoms with E-state index in [4.69, 9.17) is 21.1 Å². The molecule has 17 heteroatoms. The summed E-state index contributed by atoms with van der Waals surface area (Å²) in [7, 11) is 1.13. The Morgan fingerprint density at radius 2 is 1.73 bits per heavy atom. The van der Waals surface area contributed by atoms with E-state index in [2.05, 4.69) is 30.8 Å². The normalized spacial score (nSPS) is 13.0. The van der Waals surface area contributed by atoms with Crippen molar-refractivity contribution in [3.63, 3.8) is 0 Å². The number of ether oxygens (including phenoxy) is 3. The molecule has 0 saturated heterocycles. The molecule has 0 spiro atoms. The molecule has 2 amide bonds. The first kappa shape index (κ1) is 33.7. The SMILES string of the molecule is COC(=O)N[C@H](C(=O)OCOC(=O)[C@H](O)C[C@@H](Cc1ccc(-c2cc(Cl)ccc2F)cc1)NC(=O)c1nnn(O)n1)C(C)C. The molecular weight excluding hydrogens is 607 g/mol. The lowest BCUT2D eigenvalue weighted by molar-refractivity contribution is -0.175. The van der Waals surface area contributed by atoms with Gasteiger partial charge in [0, 0.05) is 28.0 Å². The smallest absolute Gasteiger partial charge is 0.407 e. The average molecular weight is 637 g/mol. The largest absolute Gasteiger partial charge is 0.453 e. The number of carbonyl (C=O) groups is 4. The van der Waals surface area contributed by atoms with Crippen molar-refractivity contribution in [2.75, 3.05) is 13.9 Å². The number of benzene rings is 2. The van der Waals surface area contributed by atoms with Crippen molar-refractivity contribution in [3.05, 3.63) is 64.7 Å². The molecule has 236 valence electrons. The van der Waals surface area contributed by atoms with Gasteiger partial charge in [0.1, 0.15) is 11.9 Å². The second-order valence-corrected chi connectivity index (χ2v) is 10.2. The molecule has 0 aliphatic heterocycles. The topological polar surface area (TPSA) is 204 Å². The summed E-state index contributed by atoms with van der Waals surface area (Å²) in [5.41, 5.74) is 1.46. The highest BCUT2D eigenvalue weighted by Gasteiger charge is 2.28. The van der Waals surface area contributed by atoms with Crippen LogP contribution < -0.4 is 10.6 Å². The van der Waals surface area contributed by atoms with Crippen LogP contribution in [0.2, 0.25) is 5.02 Å². The quantitative estimate of drug-likeness (QED) is 0.121. The second-order valence-electron chi connectivity index (χ2n) is 9.73. The van der Waals surface area contributed by atoms with Gasteiger partial charge < -0.3 is 35.2 Å². The Bertz CT molecular complexity index is 1470. The first-order chi connectivity index (χ1) is 20.9. The fourth-order valence-corrected chi connectivity index (χ4v) is 4.12. The number of rotatable bonds is 13. The van der Waals surface area contributed by atoms with E-state index in [0.717, 1.165) is 7.11 Å². The van der Waals surface area contributed by atoms with Crippen molar-refractivity contribution in [3.8, 4) is 11.1 Å². The number of nitrogens with zero attached hydrogens (tertiary/aromatic N) is 4. The van der Waals surface area contributed by atoms with Gasteiger partial charge in [-0.2, -0.15) is 0 Å². The van der Waals surface area contributed by atoms with Gasteiger partial charge in [-0.05, 0) is 46.9 Å². The number of tetrazole rings is 1. The van der Waals surface area contributed by atoms with Gasteiger partial charge in [-0.1, -0.05) is 59.9 Å². The van der Waals surface area contributed by atoms with Gasteiger partial charge in [0.25, 0.3) is 11.7 Å². The second kappa shape index (κ2) is 15.6. The first-order valence-corrected chi connectivity index (χ1v) is 13.5. The van der Waals surface area contributed by atoms with Gasteiger partial charge >= 0.3 is 18.0 Å². The number of hydrogen-bond acceptors (Lipinski definition) is 12. The maximum Gasteiger partial charge on any atom is 0.407 e. The van der Waals surface area contributed by atoms with E-state index in [1.165, 1.54) is 18.2 Å². The van der Waals surface area contributed by atoms with Gasteiger partial charge in [-0.15, -0.1) is 0 Å². The zero-order valence-electron chi connectivity index (χ0n) is 23.8. The zero-order chi connectivity index (χ0) is 32.4. The Kier molecular flexibility index (Phi) is 11.9. The van der Waals surface area contributed by atoms with Crippen LogP contribution in [0.25, 0.3) is 11.1 Å². The molecule has 3 rings (SSSR count). The predicted octanol–water partition coefficient (Wildman–Crippen LogP) is 1.89. The van der Waals surface area contributed by atoms with Crippen LogP contribution in [-0.4, -0.2) is 86.7 Å². The van der Waals surface area contributed by atoms with E-state index in [1.807, 2.05) is 0 Å². The van der Waals surface area contributed by atoms with Crippen molar-refractivity contribution in [2.24, 2.45) is 5.92 Å². The number of amides is 2. The summed E-state index contributed by atoms with van der Waals surface area (Å²) in [5, 5.41) is 35.0. The standard InChI is InChI=1S/C27H30ClFN6O9/c1-14(2)22(31-27(40)42-3)26(39)44-13-43-25(38)21(36)12-18(30-24(37)23-32-34-35(41)33-23)10-15-4-6-16(7-5-15)19-11-17(28)8-9-20(19)29/h4-9,11,14,18,21-22,36,41H,10,12-13H2,1-3H3,(H,30,37)(H,31,40)/t18-,21-,22+/m1/s1. The van der Waals surface area contributed by atoms with E-state index in [1.54, 1.807) is 38.1 Å². The number of aromatic nitrogens is 4. The molecule has 0 radical (unpaired) electrons. The Morgan fingerprint density at radius 3 is 2.34 bits per heavy atom. The van der Waals surface area contributed by atoms with Crippen LogP contribution in [0.3, 0.4) is 0 Å². The van der Waals surface area contributed by atoms with Crippen molar-refractivity contribution in [2.45, 2.75) is 44.9 Å². The molecule has 0 fully saturated rings. The third-order valence-electron chi connectivity index (χ3n) is 6.18. The Morgan fingerprint density at radius 1 is 1.05 bits per heavy atom. The lowest BCUT2D eigenvalue weighted by Gasteiger charge is -2.22. The van der Waals surface area contributed by atoms with Gasteiger partial charge in [0.05, 0.1) is 7.11 Å². The highest BCUT2D eigenvalue weighted by atomic mass is 35.5. The number of aliphatic hydroxyl groups excluding tert-OH is 1. The van der Waals surface area contributed by atoms with Crippen molar-refractivity contribution in [1.29, 1.82) is 0 Å². The molecule has 0 aliphatic rings. The van der Waals surface area contributed by atoms with E-state index in [-0.39, 0.29) is 29.3 Å². The monoisotopic (exact) mass is 636 g/mol. The molecule has 1 aromatic heterocycles. The molecule has 3 aromatic rings. The molecule has 15 nitrogen and oxygen atoms in total. The summed E-state index contributed by atoms with van der Waals surface area (Å²) < 4.78 is 28.5. The van der Waals surface area contributed by atoms with E-state index in [0.29, 0.717) is 16.1 Å². The summed E-state index contributed by atoms with van der Waals surface area (Å²) in [6.07, 6.45) is -2.93. The average Bonchev–Trinajstić information content (AvgIpc) is 3.43. The Hall–Kier alpha value is -4.83. The maximum absolute atomic E-state index is 14.3. The molecule has 0 bridgehead atoms. The number of alkyl carbamates (subject to hydrolysis) is 1. The van der Waals surface area contributed by atoms with E-state index >= 15 is 0 Å². The zero-order valence-corrected chi connectivity index (χ0v) is 24.5. The predicted molar refractivity (Wildman–Crippen MR) is 149 cm³/mol. The number of methoxy groups -OCH3 is 1. The summed E-state index contributed by atoms with van der Waals surface area (Å²) >= 11 is 5.99. The first-order valence-electron chi connectivity index (χ1n) is 13.1. The summed E-state index contributed by atoms with van der Waals surface area (Å²) in [5.74, 6) is -4.25. The van der Waals surface area contributed by atoms with E-state index < -0.39 is 60.6 Å². The molecule has 1 heterocycles. The van der Waals surface area contributed by atoms with Crippen LogP contribution in [0.4, 0.5) is 9.18 Å². The molecule has 0 saturated carbocycles. The minimum atomic E-state index is -1.78. The number of carbonyl (C=O) groups excluding carboxylic acids is 4. The molecule has 44 heavy (non-hydrogen) atoms. The minimum absolute atomic E-state index is 0.0753. The Balaban J connectivity index is 1.66. The molecule has 2 aromatic carbocycles. The van der Waals surface area contributed by atoms with Crippen LogP contribution >= 0.6 is 11.6 Å². The minimum Gasteiger partial charge on any atom is -0.453 e. The molecule has 0 unspecified atom stereocenters.